The number of ether oxygens (including phenoxy) is 1. The molecule has 0 radical (unpaired) electrons. The number of fused-ring (bicyclic) bond motifs is 1. The summed E-state index contributed by atoms with van der Waals surface area (Å²) in [5.74, 6) is 0.492. The molecule has 10 nitrogen and oxygen atoms in total. The second kappa shape index (κ2) is 9.33. The minimum absolute atomic E-state index is 0.0583. The van der Waals surface area contributed by atoms with Crippen molar-refractivity contribution in [2.45, 2.75) is 63.9 Å². The first-order valence-electron chi connectivity index (χ1n) is 10.4. The van der Waals surface area contributed by atoms with Crippen LogP contribution in [-0.2, 0) is 23.0 Å². The molecule has 3 rings (SSSR count). The highest BCUT2D eigenvalue weighted by Gasteiger charge is 2.25. The van der Waals surface area contributed by atoms with E-state index in [1.165, 1.54) is 6.20 Å². The van der Waals surface area contributed by atoms with Gasteiger partial charge in [-0.3, -0.25) is 4.98 Å². The van der Waals surface area contributed by atoms with Gasteiger partial charge in [0, 0.05) is 19.5 Å². The lowest BCUT2D eigenvalue weighted by molar-refractivity contribution is 0.224. The first-order valence-corrected chi connectivity index (χ1v) is 11.9. The van der Waals surface area contributed by atoms with E-state index in [9.17, 15) is 9.00 Å². The number of rotatable bonds is 6. The lowest BCUT2D eigenvalue weighted by atomic mass is 9.96. The fraction of sp³-hybridized carbons (Fsp3) is 0.550. The highest BCUT2D eigenvalue weighted by atomic mass is 32.2. The van der Waals surface area contributed by atoms with Crippen LogP contribution in [0.4, 0.5) is 10.5 Å². The maximum Gasteiger partial charge on any atom is 0.354 e. The number of pyridine rings is 1. The number of urea groups is 1. The van der Waals surface area contributed by atoms with Crippen LogP contribution in [0.25, 0.3) is 0 Å². The molecule has 170 valence electrons. The molecule has 4 N–H and O–H groups in total. The molecule has 1 atom stereocenters. The van der Waals surface area contributed by atoms with Crippen molar-refractivity contribution in [3.05, 3.63) is 29.2 Å². The van der Waals surface area contributed by atoms with Gasteiger partial charge in [0.2, 0.25) is 5.88 Å². The first-order chi connectivity index (χ1) is 14.6. The molecular weight excluding hydrogens is 418 g/mol. The number of nitrogens with two attached hydrogens (primary N) is 1. The molecule has 0 aliphatic carbocycles. The van der Waals surface area contributed by atoms with Crippen LogP contribution in [0.1, 0.15) is 62.9 Å². The second-order valence-electron chi connectivity index (χ2n) is 8.13. The third-order valence-corrected chi connectivity index (χ3v) is 6.28. The van der Waals surface area contributed by atoms with Crippen LogP contribution in [0.2, 0.25) is 0 Å². The van der Waals surface area contributed by atoms with Gasteiger partial charge in [-0.05, 0) is 30.5 Å². The van der Waals surface area contributed by atoms with Crippen molar-refractivity contribution in [3.63, 3.8) is 0 Å². The van der Waals surface area contributed by atoms with E-state index in [0.29, 0.717) is 31.3 Å². The summed E-state index contributed by atoms with van der Waals surface area (Å²) in [6.07, 6.45) is 2.15. The van der Waals surface area contributed by atoms with Crippen molar-refractivity contribution >= 4 is 21.6 Å². The molecule has 0 spiro atoms. The Hall–Kier alpha value is -2.50. The zero-order valence-electron chi connectivity index (χ0n) is 18.6. The Labute approximate surface area is 183 Å². The largest absolute Gasteiger partial charge is 0.477 e. The number of amides is 2. The fourth-order valence-corrected chi connectivity index (χ4v) is 4.47. The van der Waals surface area contributed by atoms with E-state index in [-0.39, 0.29) is 16.7 Å². The molecule has 3 heterocycles. The van der Waals surface area contributed by atoms with E-state index < -0.39 is 15.9 Å². The number of aryl methyl sites for hydroxylation is 1. The normalized spacial score (nSPS) is 15.4. The molecule has 11 heteroatoms. The van der Waals surface area contributed by atoms with Gasteiger partial charge in [-0.15, -0.1) is 4.36 Å². The van der Waals surface area contributed by atoms with Crippen LogP contribution in [0.5, 0.6) is 5.88 Å². The minimum Gasteiger partial charge on any atom is -0.477 e. The van der Waals surface area contributed by atoms with Crippen molar-refractivity contribution in [3.8, 4) is 5.88 Å². The number of anilines is 1. The SMILES string of the molecule is CNCc1cc(C(C)C)c(NC(=O)N=S(N)(=O)c2cnn3c2OCCC3)c(C(C)C)n1. The molecule has 1 aliphatic heterocycles. The van der Waals surface area contributed by atoms with Gasteiger partial charge in [-0.25, -0.2) is 18.8 Å². The summed E-state index contributed by atoms with van der Waals surface area (Å²) in [5, 5.41) is 16.0. The third-order valence-electron chi connectivity index (χ3n) is 4.94. The van der Waals surface area contributed by atoms with E-state index >= 15 is 0 Å². The predicted molar refractivity (Wildman–Crippen MR) is 120 cm³/mol. The molecule has 2 aromatic heterocycles. The highest BCUT2D eigenvalue weighted by Crippen LogP contribution is 2.32. The van der Waals surface area contributed by atoms with Gasteiger partial charge < -0.3 is 15.4 Å². The zero-order chi connectivity index (χ0) is 22.8. The molecule has 31 heavy (non-hydrogen) atoms. The van der Waals surface area contributed by atoms with Crippen molar-refractivity contribution in [2.75, 3.05) is 19.0 Å². The molecule has 2 aromatic rings. The van der Waals surface area contributed by atoms with Crippen LogP contribution >= 0.6 is 0 Å². The lowest BCUT2D eigenvalue weighted by Gasteiger charge is -2.20. The van der Waals surface area contributed by atoms with E-state index in [1.54, 1.807) is 4.68 Å². The predicted octanol–water partition coefficient (Wildman–Crippen LogP) is 2.96. The van der Waals surface area contributed by atoms with Crippen LogP contribution < -0.4 is 20.5 Å². The standard InChI is InChI=1S/C20H31N7O3S/c1-12(2)15-9-14(10-22-5)24-17(13(3)4)18(15)25-20(28)26-31(21,29)16-11-23-27-7-6-8-30-19(16)27/h9,11-13,22H,6-8,10H2,1-5H3,(H3,21,25,26,28,29). The number of nitrogens with zero attached hydrogens (tertiary/aromatic N) is 4. The summed E-state index contributed by atoms with van der Waals surface area (Å²) < 4.78 is 24.0. The summed E-state index contributed by atoms with van der Waals surface area (Å²) in [6.45, 7) is 9.81. The van der Waals surface area contributed by atoms with Crippen molar-refractivity contribution in [1.29, 1.82) is 0 Å². The minimum atomic E-state index is -3.54. The van der Waals surface area contributed by atoms with E-state index in [2.05, 4.69) is 20.1 Å². The number of carbonyl (C=O) groups excluding carboxylic acids is 1. The molecule has 2 amide bonds. The summed E-state index contributed by atoms with van der Waals surface area (Å²) in [5.41, 5.74) is 3.15. The van der Waals surface area contributed by atoms with E-state index in [4.69, 9.17) is 14.9 Å². The quantitative estimate of drug-likeness (QED) is 0.620. The second-order valence-corrected chi connectivity index (χ2v) is 9.89. The van der Waals surface area contributed by atoms with Crippen LogP contribution in [-0.4, -0.2) is 38.7 Å². The molecule has 0 saturated heterocycles. The summed E-state index contributed by atoms with van der Waals surface area (Å²) >= 11 is 0. The maximum atomic E-state index is 13.1. The maximum absolute atomic E-state index is 13.1. The van der Waals surface area contributed by atoms with Gasteiger partial charge >= 0.3 is 6.03 Å². The first kappa shape index (κ1) is 23.2. The molecular formula is C20H31N7O3S. The zero-order valence-corrected chi connectivity index (χ0v) is 19.5. The van der Waals surface area contributed by atoms with Gasteiger partial charge in [-0.1, -0.05) is 27.7 Å². The Kier molecular flexibility index (Phi) is 6.97. The third kappa shape index (κ3) is 5.05. The summed E-state index contributed by atoms with van der Waals surface area (Å²) in [4.78, 5) is 17.6. The number of hydrogen-bond acceptors (Lipinski definition) is 6. The summed E-state index contributed by atoms with van der Waals surface area (Å²) in [7, 11) is -1.68. The number of nitrogens with one attached hydrogen (secondary N) is 2. The average Bonchev–Trinajstić information content (AvgIpc) is 3.13. The Bertz CT molecular complexity index is 1060. The van der Waals surface area contributed by atoms with Gasteiger partial charge in [0.25, 0.3) is 0 Å². The van der Waals surface area contributed by atoms with Crippen LogP contribution in [0.15, 0.2) is 21.5 Å². The van der Waals surface area contributed by atoms with Gasteiger partial charge in [-0.2, -0.15) is 5.10 Å². The molecule has 0 saturated carbocycles. The average molecular weight is 450 g/mol. The molecule has 0 aromatic carbocycles. The van der Waals surface area contributed by atoms with Crippen molar-refractivity contribution in [1.82, 2.24) is 20.1 Å². The molecule has 1 aliphatic rings. The molecule has 1 unspecified atom stereocenters. The molecule has 0 fully saturated rings. The van der Waals surface area contributed by atoms with Crippen molar-refractivity contribution < 1.29 is 13.7 Å². The number of aromatic nitrogens is 3. The van der Waals surface area contributed by atoms with Gasteiger partial charge in [0.15, 0.2) is 9.92 Å². The van der Waals surface area contributed by atoms with E-state index in [0.717, 1.165) is 23.4 Å². The van der Waals surface area contributed by atoms with E-state index in [1.807, 2.05) is 40.8 Å². The number of carbonyl (C=O) groups is 1. The topological polar surface area (TPSA) is 137 Å². The van der Waals surface area contributed by atoms with Crippen LogP contribution in [0, 0.1) is 0 Å². The Balaban J connectivity index is 1.99. The smallest absolute Gasteiger partial charge is 0.354 e. The summed E-state index contributed by atoms with van der Waals surface area (Å²) in [6, 6.07) is 1.17. The van der Waals surface area contributed by atoms with Gasteiger partial charge in [0.05, 0.1) is 29.9 Å². The highest BCUT2D eigenvalue weighted by molar-refractivity contribution is 7.91. The Morgan fingerprint density at radius 3 is 2.74 bits per heavy atom. The number of hydrogen-bond donors (Lipinski definition) is 3. The Morgan fingerprint density at radius 1 is 1.35 bits per heavy atom. The lowest BCUT2D eigenvalue weighted by Crippen LogP contribution is -2.22. The monoisotopic (exact) mass is 449 g/mol. The Morgan fingerprint density at radius 2 is 2.10 bits per heavy atom. The fourth-order valence-electron chi connectivity index (χ4n) is 3.47. The van der Waals surface area contributed by atoms with Crippen LogP contribution in [0.3, 0.4) is 0 Å². The molecule has 0 bridgehead atoms. The van der Waals surface area contributed by atoms with Crippen molar-refractivity contribution in [2.24, 2.45) is 9.50 Å². The van der Waals surface area contributed by atoms with Gasteiger partial charge in [0.1, 0.15) is 4.90 Å².